The van der Waals surface area contributed by atoms with Crippen LogP contribution in [-0.4, -0.2) is 38.1 Å². The number of carbonyl (C=O) groups excluding carboxylic acids is 1. The fourth-order valence-electron chi connectivity index (χ4n) is 2.66. The number of hydrogen-bond acceptors (Lipinski definition) is 4. The molecular formula is C17H21BrN4O2. The Morgan fingerprint density at radius 3 is 2.79 bits per heavy atom. The number of nitrogens with zero attached hydrogens (tertiary/aromatic N) is 4. The molecule has 1 amide bonds. The molecule has 2 aromatic rings. The van der Waals surface area contributed by atoms with Crippen molar-refractivity contribution in [2.24, 2.45) is 0 Å². The molecule has 1 aromatic heterocycles. The first-order valence-electron chi connectivity index (χ1n) is 7.96. The van der Waals surface area contributed by atoms with Gasteiger partial charge in [-0.3, -0.25) is 0 Å². The van der Waals surface area contributed by atoms with Crippen molar-refractivity contribution in [3.63, 3.8) is 0 Å². The number of ether oxygens (including phenoxy) is 1. The smallest absolute Gasteiger partial charge is 0.410 e. The van der Waals surface area contributed by atoms with Crippen molar-refractivity contribution < 1.29 is 9.53 Å². The summed E-state index contributed by atoms with van der Waals surface area (Å²) in [5, 5.41) is 8.53. The Hall–Kier alpha value is -1.89. The molecule has 6 nitrogen and oxygen atoms in total. The molecule has 0 saturated heterocycles. The zero-order valence-electron chi connectivity index (χ0n) is 14.1. The third kappa shape index (κ3) is 3.77. The predicted molar refractivity (Wildman–Crippen MR) is 93.6 cm³/mol. The molecule has 1 aromatic carbocycles. The SMILES string of the molecule is CC(C)(C)OC(=O)N1CCc2c(nnn2Cc2ccccc2Br)C1. The van der Waals surface area contributed by atoms with E-state index >= 15 is 0 Å². The summed E-state index contributed by atoms with van der Waals surface area (Å²) in [4.78, 5) is 13.9. The summed E-state index contributed by atoms with van der Waals surface area (Å²) in [5.41, 5.74) is 2.60. The van der Waals surface area contributed by atoms with Crippen molar-refractivity contribution in [3.8, 4) is 0 Å². The number of aromatic nitrogens is 3. The first-order valence-corrected chi connectivity index (χ1v) is 8.75. The van der Waals surface area contributed by atoms with E-state index in [9.17, 15) is 4.79 Å². The number of hydrogen-bond donors (Lipinski definition) is 0. The molecular weight excluding hydrogens is 372 g/mol. The average Bonchev–Trinajstić information content (AvgIpc) is 2.90. The van der Waals surface area contributed by atoms with Gasteiger partial charge in [-0.1, -0.05) is 39.3 Å². The minimum Gasteiger partial charge on any atom is -0.444 e. The van der Waals surface area contributed by atoms with Crippen molar-refractivity contribution in [3.05, 3.63) is 45.7 Å². The minimum atomic E-state index is -0.492. The van der Waals surface area contributed by atoms with E-state index in [1.807, 2.05) is 43.7 Å². The summed E-state index contributed by atoms with van der Waals surface area (Å²) in [6, 6.07) is 8.08. The molecule has 128 valence electrons. The highest BCUT2D eigenvalue weighted by molar-refractivity contribution is 9.10. The third-order valence-electron chi connectivity index (χ3n) is 3.81. The molecule has 24 heavy (non-hydrogen) atoms. The van der Waals surface area contributed by atoms with E-state index in [1.165, 1.54) is 0 Å². The molecule has 0 unspecified atom stereocenters. The van der Waals surface area contributed by atoms with Crippen LogP contribution >= 0.6 is 15.9 Å². The summed E-state index contributed by atoms with van der Waals surface area (Å²) in [6.45, 7) is 7.33. The topological polar surface area (TPSA) is 60.2 Å². The van der Waals surface area contributed by atoms with Crippen molar-refractivity contribution in [1.82, 2.24) is 19.9 Å². The number of fused-ring (bicyclic) bond motifs is 1. The average molecular weight is 393 g/mol. The van der Waals surface area contributed by atoms with Crippen LogP contribution in [0.5, 0.6) is 0 Å². The van der Waals surface area contributed by atoms with Crippen LogP contribution in [0.3, 0.4) is 0 Å². The van der Waals surface area contributed by atoms with Gasteiger partial charge in [0.05, 0.1) is 18.8 Å². The van der Waals surface area contributed by atoms with Crippen molar-refractivity contribution in [2.45, 2.75) is 45.9 Å². The zero-order valence-corrected chi connectivity index (χ0v) is 15.7. The Kier molecular flexibility index (Phi) is 4.62. The van der Waals surface area contributed by atoms with Gasteiger partial charge in [-0.2, -0.15) is 0 Å². The molecule has 1 aliphatic rings. The summed E-state index contributed by atoms with van der Waals surface area (Å²) in [5.74, 6) is 0. The minimum absolute atomic E-state index is 0.298. The maximum atomic E-state index is 12.2. The predicted octanol–water partition coefficient (Wildman–Crippen LogP) is 3.38. The van der Waals surface area contributed by atoms with Crippen LogP contribution in [0.15, 0.2) is 28.7 Å². The molecule has 0 bridgehead atoms. The second-order valence-corrected chi connectivity index (χ2v) is 7.74. The van der Waals surface area contributed by atoms with Crippen LogP contribution in [0.25, 0.3) is 0 Å². The van der Waals surface area contributed by atoms with Gasteiger partial charge < -0.3 is 9.64 Å². The summed E-state index contributed by atoms with van der Waals surface area (Å²) in [6.07, 6.45) is 0.431. The Morgan fingerprint density at radius 2 is 2.08 bits per heavy atom. The van der Waals surface area contributed by atoms with Gasteiger partial charge >= 0.3 is 6.09 Å². The van der Waals surface area contributed by atoms with E-state index < -0.39 is 5.60 Å². The van der Waals surface area contributed by atoms with E-state index in [0.29, 0.717) is 19.6 Å². The fraction of sp³-hybridized carbons (Fsp3) is 0.471. The lowest BCUT2D eigenvalue weighted by atomic mass is 10.1. The van der Waals surface area contributed by atoms with Crippen LogP contribution in [0.2, 0.25) is 0 Å². The zero-order chi connectivity index (χ0) is 17.3. The Balaban J connectivity index is 1.73. The second kappa shape index (κ2) is 6.55. The van der Waals surface area contributed by atoms with Crippen LogP contribution in [0, 0.1) is 0 Å². The first kappa shape index (κ1) is 17.0. The fourth-order valence-corrected chi connectivity index (χ4v) is 3.07. The van der Waals surface area contributed by atoms with E-state index in [1.54, 1.807) is 4.90 Å². The Bertz CT molecular complexity index is 751. The lowest BCUT2D eigenvalue weighted by Crippen LogP contribution is -2.40. The van der Waals surface area contributed by atoms with Gasteiger partial charge in [-0.05, 0) is 32.4 Å². The normalized spacial score (nSPS) is 14.4. The Labute approximate surface area is 149 Å². The highest BCUT2D eigenvalue weighted by Crippen LogP contribution is 2.22. The molecule has 2 heterocycles. The second-order valence-electron chi connectivity index (χ2n) is 6.88. The number of amides is 1. The highest BCUT2D eigenvalue weighted by atomic mass is 79.9. The van der Waals surface area contributed by atoms with Crippen LogP contribution in [0.4, 0.5) is 4.79 Å². The number of rotatable bonds is 2. The van der Waals surface area contributed by atoms with E-state index in [-0.39, 0.29) is 6.09 Å². The molecule has 0 N–H and O–H groups in total. The Morgan fingerprint density at radius 1 is 1.33 bits per heavy atom. The summed E-state index contributed by atoms with van der Waals surface area (Å²) < 4.78 is 8.41. The van der Waals surface area contributed by atoms with Gasteiger partial charge in [0, 0.05) is 17.4 Å². The lowest BCUT2D eigenvalue weighted by Gasteiger charge is -2.29. The van der Waals surface area contributed by atoms with Gasteiger partial charge in [0.25, 0.3) is 0 Å². The molecule has 0 atom stereocenters. The lowest BCUT2D eigenvalue weighted by molar-refractivity contribution is 0.0220. The van der Waals surface area contributed by atoms with Crippen LogP contribution < -0.4 is 0 Å². The molecule has 0 spiro atoms. The van der Waals surface area contributed by atoms with E-state index in [4.69, 9.17) is 4.74 Å². The quantitative estimate of drug-likeness (QED) is 0.785. The molecule has 7 heteroatoms. The summed E-state index contributed by atoms with van der Waals surface area (Å²) >= 11 is 3.56. The van der Waals surface area contributed by atoms with E-state index in [2.05, 4.69) is 32.3 Å². The maximum Gasteiger partial charge on any atom is 0.410 e. The van der Waals surface area contributed by atoms with Crippen LogP contribution in [0.1, 0.15) is 37.7 Å². The molecule has 3 rings (SSSR count). The monoisotopic (exact) mass is 392 g/mol. The van der Waals surface area contributed by atoms with Gasteiger partial charge in [-0.25, -0.2) is 9.48 Å². The summed E-state index contributed by atoms with van der Waals surface area (Å²) in [7, 11) is 0. The number of halogens is 1. The molecule has 0 aliphatic carbocycles. The van der Waals surface area contributed by atoms with Crippen LogP contribution in [-0.2, 0) is 24.2 Å². The largest absolute Gasteiger partial charge is 0.444 e. The van der Waals surface area contributed by atoms with Gasteiger partial charge in [0.1, 0.15) is 11.3 Å². The third-order valence-corrected chi connectivity index (χ3v) is 4.58. The molecule has 0 radical (unpaired) electrons. The van der Waals surface area contributed by atoms with Gasteiger partial charge in [0.2, 0.25) is 0 Å². The van der Waals surface area contributed by atoms with E-state index in [0.717, 1.165) is 27.8 Å². The number of carbonyl (C=O) groups is 1. The van der Waals surface area contributed by atoms with Crippen molar-refractivity contribution >= 4 is 22.0 Å². The molecule has 0 saturated carbocycles. The maximum absolute atomic E-state index is 12.2. The standard InChI is InChI=1S/C17H21BrN4O2/c1-17(2,3)24-16(23)21-9-8-15-14(11-21)19-20-22(15)10-12-6-4-5-7-13(12)18/h4-7H,8-11H2,1-3H3. The van der Waals surface area contributed by atoms with Crippen molar-refractivity contribution in [1.29, 1.82) is 0 Å². The van der Waals surface area contributed by atoms with Gasteiger partial charge in [-0.15, -0.1) is 5.10 Å². The molecule has 1 aliphatic heterocycles. The van der Waals surface area contributed by atoms with Gasteiger partial charge in [0.15, 0.2) is 0 Å². The number of benzene rings is 1. The highest BCUT2D eigenvalue weighted by Gasteiger charge is 2.28. The molecule has 0 fully saturated rings. The first-order chi connectivity index (χ1) is 11.3. The van der Waals surface area contributed by atoms with Crippen molar-refractivity contribution in [2.75, 3.05) is 6.54 Å².